The van der Waals surface area contributed by atoms with E-state index in [1.54, 1.807) is 12.4 Å². The third-order valence-corrected chi connectivity index (χ3v) is 2.93. The highest BCUT2D eigenvalue weighted by Crippen LogP contribution is 2.25. The molecule has 0 spiro atoms. The zero-order valence-corrected chi connectivity index (χ0v) is 11.5. The van der Waals surface area contributed by atoms with Crippen molar-refractivity contribution in [1.82, 2.24) is 10.3 Å². The molecule has 0 fully saturated rings. The number of nitrogen functional groups attached to an aromatic ring is 1. The number of aromatic nitrogens is 1. The average Bonchev–Trinajstić information content (AvgIpc) is 2.47. The molecule has 0 radical (unpaired) electrons. The molecule has 1 aromatic carbocycles. The maximum atomic E-state index is 10.3. The van der Waals surface area contributed by atoms with Gasteiger partial charge in [-0.2, -0.15) is 0 Å². The van der Waals surface area contributed by atoms with Crippen molar-refractivity contribution in [3.8, 4) is 11.1 Å². The minimum Gasteiger partial charge on any atom is -0.465 e. The summed E-state index contributed by atoms with van der Waals surface area (Å²) in [7, 11) is 0. The molecule has 5 heteroatoms. The Hall–Kier alpha value is -2.82. The van der Waals surface area contributed by atoms with Gasteiger partial charge in [-0.15, -0.1) is 0 Å². The summed E-state index contributed by atoms with van der Waals surface area (Å²) in [6, 6.07) is 9.64. The van der Waals surface area contributed by atoms with Crippen LogP contribution in [0.25, 0.3) is 17.2 Å². The Balaban J connectivity index is 2.06. The lowest BCUT2D eigenvalue weighted by molar-refractivity contribution is 0.194. The van der Waals surface area contributed by atoms with Gasteiger partial charge in [0.05, 0.1) is 0 Å². The number of hydrogen-bond acceptors (Lipinski definition) is 3. The molecule has 0 aliphatic rings. The van der Waals surface area contributed by atoms with Gasteiger partial charge in [0.25, 0.3) is 0 Å². The van der Waals surface area contributed by atoms with Gasteiger partial charge in [0.1, 0.15) is 0 Å². The first-order chi connectivity index (χ1) is 10.2. The molecule has 2 rings (SSSR count). The number of hydrogen-bond donors (Lipinski definition) is 3. The first-order valence-corrected chi connectivity index (χ1v) is 6.60. The number of nitrogens with two attached hydrogens (primary N) is 1. The van der Waals surface area contributed by atoms with Crippen molar-refractivity contribution in [2.24, 2.45) is 0 Å². The highest BCUT2D eigenvalue weighted by atomic mass is 16.4. The van der Waals surface area contributed by atoms with Gasteiger partial charge in [-0.25, -0.2) is 4.79 Å². The average molecular weight is 283 g/mol. The van der Waals surface area contributed by atoms with Gasteiger partial charge < -0.3 is 16.2 Å². The van der Waals surface area contributed by atoms with E-state index in [-0.39, 0.29) is 0 Å². The van der Waals surface area contributed by atoms with Crippen molar-refractivity contribution in [1.29, 1.82) is 0 Å². The number of nitrogens with one attached hydrogen (secondary N) is 1. The molecule has 4 N–H and O–H groups in total. The summed E-state index contributed by atoms with van der Waals surface area (Å²) < 4.78 is 0. The van der Waals surface area contributed by atoms with Crippen LogP contribution in [0, 0.1) is 0 Å². The maximum Gasteiger partial charge on any atom is 0.404 e. The zero-order valence-electron chi connectivity index (χ0n) is 11.5. The molecule has 21 heavy (non-hydrogen) atoms. The number of carboxylic acid groups (broad SMARTS) is 1. The number of para-hydroxylation sites is 1. The fraction of sp³-hybridized carbons (Fsp3) is 0.125. The van der Waals surface area contributed by atoms with Gasteiger partial charge >= 0.3 is 6.09 Å². The van der Waals surface area contributed by atoms with Gasteiger partial charge in [0, 0.05) is 35.8 Å². The summed E-state index contributed by atoms with van der Waals surface area (Å²) in [5.74, 6) is 0. The Labute approximate surface area is 123 Å². The third-order valence-electron chi connectivity index (χ3n) is 2.93. The van der Waals surface area contributed by atoms with E-state index in [0.717, 1.165) is 16.7 Å². The third kappa shape index (κ3) is 4.35. The van der Waals surface area contributed by atoms with Gasteiger partial charge in [0.15, 0.2) is 0 Å². The number of pyridine rings is 1. The van der Waals surface area contributed by atoms with Gasteiger partial charge in [-0.05, 0) is 24.1 Å². The molecule has 2 aromatic rings. The summed E-state index contributed by atoms with van der Waals surface area (Å²) in [6.45, 7) is 0.393. The molecule has 1 aromatic heterocycles. The number of amides is 1. The van der Waals surface area contributed by atoms with E-state index >= 15 is 0 Å². The molecule has 0 unspecified atom stereocenters. The number of anilines is 1. The van der Waals surface area contributed by atoms with Crippen molar-refractivity contribution in [3.63, 3.8) is 0 Å². The normalized spacial score (nSPS) is 10.7. The molecule has 0 aliphatic carbocycles. The topological polar surface area (TPSA) is 88.2 Å². The van der Waals surface area contributed by atoms with E-state index in [4.69, 9.17) is 10.8 Å². The lowest BCUT2D eigenvalue weighted by Crippen LogP contribution is -2.21. The minimum absolute atomic E-state index is 0.393. The van der Waals surface area contributed by atoms with Crippen LogP contribution in [-0.4, -0.2) is 22.7 Å². The van der Waals surface area contributed by atoms with Crippen LogP contribution >= 0.6 is 0 Å². The van der Waals surface area contributed by atoms with E-state index in [1.165, 1.54) is 0 Å². The van der Waals surface area contributed by atoms with Crippen molar-refractivity contribution < 1.29 is 9.90 Å². The van der Waals surface area contributed by atoms with E-state index in [0.29, 0.717) is 18.7 Å². The molecule has 1 amide bonds. The van der Waals surface area contributed by atoms with Crippen LogP contribution in [0.15, 0.2) is 48.8 Å². The van der Waals surface area contributed by atoms with Crippen molar-refractivity contribution >= 4 is 17.9 Å². The van der Waals surface area contributed by atoms with Crippen molar-refractivity contribution in [3.05, 3.63) is 54.4 Å². The van der Waals surface area contributed by atoms with Gasteiger partial charge in [-0.3, -0.25) is 4.98 Å². The first-order valence-electron chi connectivity index (χ1n) is 6.60. The van der Waals surface area contributed by atoms with Crippen LogP contribution in [0.3, 0.4) is 0 Å². The highest BCUT2D eigenvalue weighted by Gasteiger charge is 2.02. The highest BCUT2D eigenvalue weighted by molar-refractivity contribution is 5.76. The van der Waals surface area contributed by atoms with Gasteiger partial charge in [-0.1, -0.05) is 30.4 Å². The second-order valence-electron chi connectivity index (χ2n) is 4.52. The van der Waals surface area contributed by atoms with Crippen LogP contribution < -0.4 is 11.1 Å². The second kappa shape index (κ2) is 7.09. The molecular formula is C16H17N3O2. The number of rotatable bonds is 5. The molecule has 1 heterocycles. The predicted octanol–water partition coefficient (Wildman–Crippen LogP) is 3.00. The Morgan fingerprint density at radius 3 is 2.90 bits per heavy atom. The molecule has 108 valence electrons. The monoisotopic (exact) mass is 283 g/mol. The fourth-order valence-electron chi connectivity index (χ4n) is 1.94. The lowest BCUT2D eigenvalue weighted by atomic mass is 10.0. The van der Waals surface area contributed by atoms with Crippen molar-refractivity contribution in [2.45, 2.75) is 6.42 Å². The van der Waals surface area contributed by atoms with Crippen LogP contribution in [0.1, 0.15) is 12.0 Å². The molecule has 0 saturated heterocycles. The minimum atomic E-state index is -1.01. The Morgan fingerprint density at radius 1 is 1.33 bits per heavy atom. The Morgan fingerprint density at radius 2 is 2.14 bits per heavy atom. The molecule has 5 nitrogen and oxygen atoms in total. The van der Waals surface area contributed by atoms with E-state index < -0.39 is 6.09 Å². The SMILES string of the molecule is Nc1ccccc1-c1cncc(C=CCCNC(=O)O)c1. The van der Waals surface area contributed by atoms with Crippen molar-refractivity contribution in [2.75, 3.05) is 12.3 Å². The largest absolute Gasteiger partial charge is 0.465 e. The summed E-state index contributed by atoms with van der Waals surface area (Å²) >= 11 is 0. The summed E-state index contributed by atoms with van der Waals surface area (Å²) in [5.41, 5.74) is 9.53. The van der Waals surface area contributed by atoms with E-state index in [1.807, 2.05) is 42.5 Å². The predicted molar refractivity (Wildman–Crippen MR) is 83.8 cm³/mol. The summed E-state index contributed by atoms with van der Waals surface area (Å²) in [6.07, 6.45) is 6.97. The zero-order chi connectivity index (χ0) is 15.1. The maximum absolute atomic E-state index is 10.3. The number of benzene rings is 1. The summed E-state index contributed by atoms with van der Waals surface area (Å²) in [4.78, 5) is 14.5. The van der Waals surface area contributed by atoms with Crippen LogP contribution in [-0.2, 0) is 0 Å². The Bertz CT molecular complexity index is 653. The molecule has 0 bridgehead atoms. The second-order valence-corrected chi connectivity index (χ2v) is 4.52. The van der Waals surface area contributed by atoms with Crippen LogP contribution in [0.2, 0.25) is 0 Å². The number of carbonyl (C=O) groups is 1. The Kier molecular flexibility index (Phi) is 4.93. The van der Waals surface area contributed by atoms with E-state index in [9.17, 15) is 4.79 Å². The standard InChI is InChI=1S/C16H17N3O2/c17-15-7-2-1-6-14(15)13-9-12(10-18-11-13)5-3-4-8-19-16(20)21/h1-3,5-7,9-11,19H,4,8,17H2,(H,20,21). The molecule has 0 saturated carbocycles. The van der Waals surface area contributed by atoms with E-state index in [2.05, 4.69) is 10.3 Å². The smallest absolute Gasteiger partial charge is 0.404 e. The molecule has 0 aliphatic heterocycles. The quantitative estimate of drug-likeness (QED) is 0.581. The van der Waals surface area contributed by atoms with Gasteiger partial charge in [0.2, 0.25) is 0 Å². The first kappa shape index (κ1) is 14.6. The number of nitrogens with zero attached hydrogens (tertiary/aromatic N) is 1. The molecule has 0 atom stereocenters. The summed E-state index contributed by atoms with van der Waals surface area (Å²) in [5, 5.41) is 10.8. The van der Waals surface area contributed by atoms with Crippen LogP contribution in [0.4, 0.5) is 10.5 Å². The molecular weight excluding hydrogens is 266 g/mol. The fourth-order valence-corrected chi connectivity index (χ4v) is 1.94. The van der Waals surface area contributed by atoms with Crippen LogP contribution in [0.5, 0.6) is 0 Å². The lowest BCUT2D eigenvalue weighted by Gasteiger charge is -2.05.